The van der Waals surface area contributed by atoms with Gasteiger partial charge in [0, 0.05) is 25.1 Å². The van der Waals surface area contributed by atoms with Gasteiger partial charge in [0.15, 0.2) is 0 Å². The zero-order valence-electron chi connectivity index (χ0n) is 9.52. The maximum absolute atomic E-state index is 10.6. The molecule has 1 aromatic rings. The van der Waals surface area contributed by atoms with Crippen molar-refractivity contribution in [2.24, 2.45) is 5.92 Å². The summed E-state index contributed by atoms with van der Waals surface area (Å²) in [6.45, 7) is 3.23. The zero-order chi connectivity index (χ0) is 12.1. The summed E-state index contributed by atoms with van der Waals surface area (Å²) in [5.74, 6) is -0.386. The predicted octanol–water partition coefficient (Wildman–Crippen LogP) is 1.36. The van der Waals surface area contributed by atoms with Crippen molar-refractivity contribution in [3.8, 4) is 0 Å². The number of carboxylic acid groups (broad SMARTS) is 1. The second kappa shape index (κ2) is 6.09. The molecule has 0 aromatic carbocycles. The van der Waals surface area contributed by atoms with Gasteiger partial charge in [-0.3, -0.25) is 0 Å². The summed E-state index contributed by atoms with van der Waals surface area (Å²) in [5, 5.41) is 14.0. The van der Waals surface area contributed by atoms with Crippen LogP contribution in [0, 0.1) is 5.92 Å². The number of thiazole rings is 1. The second-order valence-electron chi connectivity index (χ2n) is 4.16. The smallest absolute Gasteiger partial charge is 0.365 e. The number of hydrogen-bond donors (Lipinski definition) is 2. The van der Waals surface area contributed by atoms with Crippen LogP contribution in [0.15, 0.2) is 5.38 Å². The Morgan fingerprint density at radius 2 is 2.59 bits per heavy atom. The molecule has 1 aliphatic rings. The molecule has 0 radical (unpaired) electrons. The SMILES string of the molecule is O=C(O)c1nc(CNCC2CCCOC2)cs1. The summed E-state index contributed by atoms with van der Waals surface area (Å²) < 4.78 is 5.39. The average molecular weight is 256 g/mol. The minimum atomic E-state index is -0.957. The highest BCUT2D eigenvalue weighted by Gasteiger charge is 2.13. The quantitative estimate of drug-likeness (QED) is 0.832. The van der Waals surface area contributed by atoms with Crippen LogP contribution < -0.4 is 5.32 Å². The van der Waals surface area contributed by atoms with Gasteiger partial charge in [0.05, 0.1) is 12.3 Å². The van der Waals surface area contributed by atoms with E-state index in [0.29, 0.717) is 12.5 Å². The molecule has 2 heterocycles. The van der Waals surface area contributed by atoms with Gasteiger partial charge in [0.25, 0.3) is 0 Å². The standard InChI is InChI=1S/C11H16N2O3S/c14-11(15)10-13-9(7-17-10)5-12-4-8-2-1-3-16-6-8/h7-8,12H,1-6H2,(H,14,15). The lowest BCUT2D eigenvalue weighted by atomic mass is 10.0. The zero-order valence-corrected chi connectivity index (χ0v) is 10.3. The molecule has 0 spiro atoms. The molecule has 1 atom stereocenters. The Kier molecular flexibility index (Phi) is 4.47. The summed E-state index contributed by atoms with van der Waals surface area (Å²) >= 11 is 1.17. The van der Waals surface area contributed by atoms with Crippen molar-refractivity contribution in [2.75, 3.05) is 19.8 Å². The van der Waals surface area contributed by atoms with Crippen LogP contribution in [0.2, 0.25) is 0 Å². The fourth-order valence-electron chi connectivity index (χ4n) is 1.86. The Bertz CT molecular complexity index is 375. The van der Waals surface area contributed by atoms with Crippen LogP contribution in [-0.2, 0) is 11.3 Å². The summed E-state index contributed by atoms with van der Waals surface area (Å²) in [5.41, 5.74) is 0.795. The van der Waals surface area contributed by atoms with E-state index < -0.39 is 5.97 Å². The largest absolute Gasteiger partial charge is 0.476 e. The van der Waals surface area contributed by atoms with Crippen LogP contribution in [0.25, 0.3) is 0 Å². The monoisotopic (exact) mass is 256 g/mol. The summed E-state index contributed by atoms with van der Waals surface area (Å²) in [4.78, 5) is 14.7. The van der Waals surface area contributed by atoms with Gasteiger partial charge in [0.2, 0.25) is 5.01 Å². The van der Waals surface area contributed by atoms with E-state index >= 15 is 0 Å². The van der Waals surface area contributed by atoms with Crippen molar-refractivity contribution in [3.63, 3.8) is 0 Å². The van der Waals surface area contributed by atoms with Crippen LogP contribution in [-0.4, -0.2) is 35.8 Å². The lowest BCUT2D eigenvalue weighted by Crippen LogP contribution is -2.28. The molecule has 1 aromatic heterocycles. The molecule has 2 N–H and O–H groups in total. The highest BCUT2D eigenvalue weighted by molar-refractivity contribution is 7.11. The van der Waals surface area contributed by atoms with Gasteiger partial charge < -0.3 is 15.2 Å². The Labute approximate surface area is 104 Å². The third kappa shape index (κ3) is 3.76. The molecular formula is C11H16N2O3S. The number of carbonyl (C=O) groups is 1. The number of ether oxygens (including phenoxy) is 1. The fourth-order valence-corrected chi connectivity index (χ4v) is 2.51. The normalized spacial score (nSPS) is 20.4. The second-order valence-corrected chi connectivity index (χ2v) is 5.02. The molecule has 0 aliphatic carbocycles. The lowest BCUT2D eigenvalue weighted by molar-refractivity contribution is 0.0547. The summed E-state index contributed by atoms with van der Waals surface area (Å²) in [6.07, 6.45) is 2.33. The molecule has 1 saturated heterocycles. The lowest BCUT2D eigenvalue weighted by Gasteiger charge is -2.22. The first-order valence-electron chi connectivity index (χ1n) is 5.72. The molecular weight excluding hydrogens is 240 g/mol. The highest BCUT2D eigenvalue weighted by Crippen LogP contribution is 2.13. The van der Waals surface area contributed by atoms with E-state index in [0.717, 1.165) is 31.9 Å². The predicted molar refractivity (Wildman–Crippen MR) is 64.3 cm³/mol. The first-order valence-corrected chi connectivity index (χ1v) is 6.60. The van der Waals surface area contributed by atoms with E-state index in [-0.39, 0.29) is 5.01 Å². The number of nitrogens with zero attached hydrogens (tertiary/aromatic N) is 1. The van der Waals surface area contributed by atoms with Crippen molar-refractivity contribution in [1.82, 2.24) is 10.3 Å². The maximum Gasteiger partial charge on any atom is 0.365 e. The van der Waals surface area contributed by atoms with E-state index in [1.165, 1.54) is 17.8 Å². The molecule has 0 saturated carbocycles. The first kappa shape index (κ1) is 12.5. The third-order valence-electron chi connectivity index (χ3n) is 2.73. The number of hydrogen-bond acceptors (Lipinski definition) is 5. The number of aromatic nitrogens is 1. The van der Waals surface area contributed by atoms with Crippen molar-refractivity contribution in [3.05, 3.63) is 16.1 Å². The minimum absolute atomic E-state index is 0.155. The van der Waals surface area contributed by atoms with Crippen LogP contribution in [0.3, 0.4) is 0 Å². The average Bonchev–Trinajstić information content (AvgIpc) is 2.79. The van der Waals surface area contributed by atoms with Gasteiger partial charge in [-0.2, -0.15) is 0 Å². The van der Waals surface area contributed by atoms with Gasteiger partial charge in [-0.25, -0.2) is 9.78 Å². The van der Waals surface area contributed by atoms with Crippen LogP contribution in [0.4, 0.5) is 0 Å². The Morgan fingerprint density at radius 3 is 3.24 bits per heavy atom. The Balaban J connectivity index is 1.71. The van der Waals surface area contributed by atoms with Gasteiger partial charge in [-0.05, 0) is 18.8 Å². The first-order chi connectivity index (χ1) is 8.25. The third-order valence-corrected chi connectivity index (χ3v) is 3.61. The van der Waals surface area contributed by atoms with Gasteiger partial charge in [-0.1, -0.05) is 0 Å². The van der Waals surface area contributed by atoms with Crippen molar-refractivity contribution in [1.29, 1.82) is 0 Å². The van der Waals surface area contributed by atoms with E-state index in [2.05, 4.69) is 10.3 Å². The topological polar surface area (TPSA) is 71.5 Å². The molecule has 1 fully saturated rings. The van der Waals surface area contributed by atoms with Crippen molar-refractivity contribution >= 4 is 17.3 Å². The molecule has 6 heteroatoms. The maximum atomic E-state index is 10.6. The number of aromatic carboxylic acids is 1. The van der Waals surface area contributed by atoms with Gasteiger partial charge >= 0.3 is 5.97 Å². The van der Waals surface area contributed by atoms with Crippen LogP contribution >= 0.6 is 11.3 Å². The Morgan fingerprint density at radius 1 is 1.71 bits per heavy atom. The van der Waals surface area contributed by atoms with Crippen LogP contribution in [0.5, 0.6) is 0 Å². The molecule has 0 bridgehead atoms. The number of carboxylic acids is 1. The molecule has 94 valence electrons. The molecule has 0 amide bonds. The molecule has 17 heavy (non-hydrogen) atoms. The number of nitrogens with one attached hydrogen (secondary N) is 1. The Hall–Kier alpha value is -0.980. The van der Waals surface area contributed by atoms with Crippen molar-refractivity contribution < 1.29 is 14.6 Å². The van der Waals surface area contributed by atoms with Gasteiger partial charge in [0.1, 0.15) is 0 Å². The molecule has 1 unspecified atom stereocenters. The summed E-state index contributed by atoms with van der Waals surface area (Å²) in [6, 6.07) is 0. The summed E-state index contributed by atoms with van der Waals surface area (Å²) in [7, 11) is 0. The van der Waals surface area contributed by atoms with E-state index in [1.54, 1.807) is 5.38 Å². The van der Waals surface area contributed by atoms with Crippen LogP contribution in [0.1, 0.15) is 28.3 Å². The highest BCUT2D eigenvalue weighted by atomic mass is 32.1. The molecule has 2 rings (SSSR count). The van der Waals surface area contributed by atoms with Crippen molar-refractivity contribution in [2.45, 2.75) is 19.4 Å². The van der Waals surface area contributed by atoms with E-state index in [1.807, 2.05) is 0 Å². The van der Waals surface area contributed by atoms with Gasteiger partial charge in [-0.15, -0.1) is 11.3 Å². The van der Waals surface area contributed by atoms with E-state index in [9.17, 15) is 4.79 Å². The fraction of sp³-hybridized carbons (Fsp3) is 0.636. The minimum Gasteiger partial charge on any atom is -0.476 e. The number of rotatable bonds is 5. The molecule has 1 aliphatic heterocycles. The van der Waals surface area contributed by atoms with E-state index in [4.69, 9.17) is 9.84 Å². The molecule has 5 nitrogen and oxygen atoms in total.